The first-order valence-electron chi connectivity index (χ1n) is 6.45. The fourth-order valence-corrected chi connectivity index (χ4v) is 1.98. The minimum Gasteiger partial charge on any atom is -0.359 e. The van der Waals surface area contributed by atoms with Gasteiger partial charge in [0.15, 0.2) is 0 Å². The first kappa shape index (κ1) is 12.9. The van der Waals surface area contributed by atoms with Crippen LogP contribution in [0.15, 0.2) is 65.9 Å². The Hall–Kier alpha value is -3.08. The van der Waals surface area contributed by atoms with Crippen molar-refractivity contribution in [3.8, 4) is 0 Å². The molecule has 1 amide bonds. The van der Waals surface area contributed by atoms with Gasteiger partial charge in [-0.05, 0) is 11.6 Å². The molecule has 0 aliphatic heterocycles. The van der Waals surface area contributed by atoms with Crippen LogP contribution in [0.1, 0.15) is 5.56 Å². The smallest absolute Gasteiger partial charge is 0.359 e. The molecular weight excluding hydrogens is 266 g/mol. The fraction of sp³-hybridized carbons (Fsp3) is 0. The number of hydrogen-bond donors (Lipinski definition) is 2. The second-order valence-electron chi connectivity index (χ2n) is 4.40. The molecule has 2 aromatic carbocycles. The van der Waals surface area contributed by atoms with Gasteiger partial charge in [0.2, 0.25) is 0 Å². The summed E-state index contributed by atoms with van der Waals surface area (Å²) in [4.78, 5) is 19.5. The van der Waals surface area contributed by atoms with Crippen molar-refractivity contribution in [2.45, 2.75) is 0 Å². The normalized spacial score (nSPS) is 10.9. The molecule has 0 atom stereocenters. The number of hydrogen-bond acceptors (Lipinski definition) is 3. The number of nitrogens with zero attached hydrogens (tertiary/aromatic N) is 1. The molecule has 0 radical (unpaired) electrons. The largest absolute Gasteiger partial charge is 0.437 e. The summed E-state index contributed by atoms with van der Waals surface area (Å²) in [5.41, 5.74) is 2.46. The van der Waals surface area contributed by atoms with Crippen LogP contribution >= 0.6 is 0 Å². The molecule has 0 fully saturated rings. The molecule has 3 aromatic rings. The minimum atomic E-state index is -0.632. The Morgan fingerprint density at radius 2 is 1.86 bits per heavy atom. The summed E-state index contributed by atoms with van der Waals surface area (Å²) in [6.45, 7) is 0. The molecule has 2 N–H and O–H groups in total. The summed E-state index contributed by atoms with van der Waals surface area (Å²) in [7, 11) is 0. The van der Waals surface area contributed by atoms with Crippen LogP contribution in [0.4, 0.5) is 10.5 Å². The lowest BCUT2D eigenvalue weighted by Gasteiger charge is -2.00. The quantitative estimate of drug-likeness (QED) is 0.435. The molecule has 0 bridgehead atoms. The molecule has 21 heavy (non-hydrogen) atoms. The molecule has 0 spiro atoms. The summed E-state index contributed by atoms with van der Waals surface area (Å²) < 4.78 is 0. The van der Waals surface area contributed by atoms with Crippen molar-refractivity contribution >= 4 is 28.9 Å². The SMILES string of the molecule is O=C(Nc1c[nH]c2ccccc12)ON=Cc1ccccc1. The van der Waals surface area contributed by atoms with Gasteiger partial charge in [0, 0.05) is 17.1 Å². The van der Waals surface area contributed by atoms with Crippen molar-refractivity contribution in [3.63, 3.8) is 0 Å². The van der Waals surface area contributed by atoms with E-state index in [9.17, 15) is 4.79 Å². The molecule has 0 unspecified atom stereocenters. The number of carbonyl (C=O) groups is 1. The van der Waals surface area contributed by atoms with Gasteiger partial charge in [0.25, 0.3) is 0 Å². The number of anilines is 1. The molecule has 0 aliphatic rings. The number of rotatable bonds is 3. The fourth-order valence-electron chi connectivity index (χ4n) is 1.98. The minimum absolute atomic E-state index is 0.632. The monoisotopic (exact) mass is 279 g/mol. The van der Waals surface area contributed by atoms with Gasteiger partial charge >= 0.3 is 6.09 Å². The zero-order valence-corrected chi connectivity index (χ0v) is 11.1. The van der Waals surface area contributed by atoms with Crippen LogP contribution in [0.2, 0.25) is 0 Å². The van der Waals surface area contributed by atoms with E-state index in [1.807, 2.05) is 54.6 Å². The van der Waals surface area contributed by atoms with Gasteiger partial charge in [-0.1, -0.05) is 53.7 Å². The first-order chi connectivity index (χ1) is 10.3. The average molecular weight is 279 g/mol. The third-order valence-corrected chi connectivity index (χ3v) is 2.96. The van der Waals surface area contributed by atoms with E-state index in [-0.39, 0.29) is 0 Å². The van der Waals surface area contributed by atoms with Crippen molar-refractivity contribution in [2.24, 2.45) is 5.16 Å². The van der Waals surface area contributed by atoms with Gasteiger partial charge in [0.05, 0.1) is 11.9 Å². The second kappa shape index (κ2) is 5.92. The van der Waals surface area contributed by atoms with Gasteiger partial charge < -0.3 is 4.98 Å². The third kappa shape index (κ3) is 3.09. The Morgan fingerprint density at radius 1 is 1.10 bits per heavy atom. The van der Waals surface area contributed by atoms with Gasteiger partial charge in [-0.3, -0.25) is 10.2 Å². The van der Waals surface area contributed by atoms with Crippen LogP contribution in [0, 0.1) is 0 Å². The summed E-state index contributed by atoms with van der Waals surface area (Å²) in [6, 6.07) is 17.1. The number of para-hydroxylation sites is 1. The van der Waals surface area contributed by atoms with Crippen LogP contribution in [0.3, 0.4) is 0 Å². The number of aromatic amines is 1. The molecule has 5 nitrogen and oxygen atoms in total. The Bertz CT molecular complexity index is 778. The molecule has 104 valence electrons. The van der Waals surface area contributed by atoms with E-state index >= 15 is 0 Å². The van der Waals surface area contributed by atoms with E-state index < -0.39 is 6.09 Å². The van der Waals surface area contributed by atoms with Crippen molar-refractivity contribution in [3.05, 3.63) is 66.4 Å². The van der Waals surface area contributed by atoms with Crippen LogP contribution in [0.5, 0.6) is 0 Å². The van der Waals surface area contributed by atoms with Gasteiger partial charge in [-0.15, -0.1) is 0 Å². The van der Waals surface area contributed by atoms with Gasteiger partial charge in [-0.2, -0.15) is 0 Å². The Balaban J connectivity index is 1.63. The average Bonchev–Trinajstić information content (AvgIpc) is 2.92. The summed E-state index contributed by atoms with van der Waals surface area (Å²) >= 11 is 0. The Morgan fingerprint density at radius 3 is 2.71 bits per heavy atom. The Kier molecular flexibility index (Phi) is 3.64. The molecule has 1 aromatic heterocycles. The second-order valence-corrected chi connectivity index (χ2v) is 4.40. The summed E-state index contributed by atoms with van der Waals surface area (Å²) in [5, 5.41) is 7.22. The van der Waals surface area contributed by atoms with Crippen molar-refractivity contribution in [1.29, 1.82) is 0 Å². The van der Waals surface area contributed by atoms with Gasteiger partial charge in [0.1, 0.15) is 0 Å². The molecule has 0 aliphatic carbocycles. The molecule has 1 heterocycles. The number of benzene rings is 2. The van der Waals surface area contributed by atoms with Crippen molar-refractivity contribution in [1.82, 2.24) is 4.98 Å². The van der Waals surface area contributed by atoms with Crippen LogP contribution in [-0.2, 0) is 4.84 Å². The van der Waals surface area contributed by atoms with E-state index in [0.29, 0.717) is 5.69 Å². The lowest BCUT2D eigenvalue weighted by atomic mass is 10.2. The number of aromatic nitrogens is 1. The molecule has 5 heteroatoms. The predicted molar refractivity (Wildman–Crippen MR) is 82.4 cm³/mol. The zero-order chi connectivity index (χ0) is 14.5. The summed E-state index contributed by atoms with van der Waals surface area (Å²) in [6.07, 6.45) is 2.56. The third-order valence-electron chi connectivity index (χ3n) is 2.96. The highest BCUT2D eigenvalue weighted by atomic mass is 16.7. The first-order valence-corrected chi connectivity index (χ1v) is 6.45. The highest BCUT2D eigenvalue weighted by Gasteiger charge is 2.07. The predicted octanol–water partition coefficient (Wildman–Crippen LogP) is 3.75. The Labute approximate surface area is 121 Å². The highest BCUT2D eigenvalue weighted by molar-refractivity contribution is 5.99. The molecule has 0 saturated carbocycles. The van der Waals surface area contributed by atoms with Crippen LogP contribution in [-0.4, -0.2) is 17.3 Å². The van der Waals surface area contributed by atoms with E-state index in [1.165, 1.54) is 6.21 Å². The number of carbonyl (C=O) groups excluding carboxylic acids is 1. The number of oxime groups is 1. The maximum absolute atomic E-state index is 11.7. The number of nitrogens with one attached hydrogen (secondary N) is 2. The van der Waals surface area contributed by atoms with Gasteiger partial charge in [-0.25, -0.2) is 4.79 Å². The maximum atomic E-state index is 11.7. The van der Waals surface area contributed by atoms with E-state index in [2.05, 4.69) is 15.5 Å². The topological polar surface area (TPSA) is 66.5 Å². The summed E-state index contributed by atoms with van der Waals surface area (Å²) in [5.74, 6) is 0. The highest BCUT2D eigenvalue weighted by Crippen LogP contribution is 2.22. The van der Waals surface area contributed by atoms with Crippen LogP contribution in [0.25, 0.3) is 10.9 Å². The number of H-pyrrole nitrogens is 1. The van der Waals surface area contributed by atoms with Crippen molar-refractivity contribution < 1.29 is 9.63 Å². The van der Waals surface area contributed by atoms with E-state index in [0.717, 1.165) is 16.5 Å². The standard InChI is InChI=1S/C16H13N3O2/c20-16(21-18-10-12-6-2-1-3-7-12)19-15-11-17-14-9-5-4-8-13(14)15/h1-11,17H,(H,19,20). The van der Waals surface area contributed by atoms with Crippen LogP contribution < -0.4 is 5.32 Å². The lowest BCUT2D eigenvalue weighted by molar-refractivity contribution is 0.167. The van der Waals surface area contributed by atoms with E-state index in [4.69, 9.17) is 4.84 Å². The number of amides is 1. The zero-order valence-electron chi connectivity index (χ0n) is 11.1. The van der Waals surface area contributed by atoms with Crippen molar-refractivity contribution in [2.75, 3.05) is 5.32 Å². The molecule has 3 rings (SSSR count). The molecular formula is C16H13N3O2. The molecule has 0 saturated heterocycles. The lowest BCUT2D eigenvalue weighted by Crippen LogP contribution is -2.10. The maximum Gasteiger partial charge on any atom is 0.437 e. The van der Waals surface area contributed by atoms with E-state index in [1.54, 1.807) is 6.20 Å². The number of fused-ring (bicyclic) bond motifs is 1.